The molecule has 1 fully saturated rings. The molecule has 2 aliphatic rings. The van der Waals surface area contributed by atoms with Gasteiger partial charge < -0.3 is 10.6 Å². The third-order valence-corrected chi connectivity index (χ3v) is 6.39. The fourth-order valence-electron chi connectivity index (χ4n) is 3.58. The van der Waals surface area contributed by atoms with E-state index in [4.69, 9.17) is 5.73 Å². The van der Waals surface area contributed by atoms with Crippen LogP contribution in [0.1, 0.15) is 31.2 Å². The van der Waals surface area contributed by atoms with Crippen molar-refractivity contribution in [3.63, 3.8) is 0 Å². The minimum Gasteiger partial charge on any atom is -0.327 e. The van der Waals surface area contributed by atoms with E-state index in [1.807, 2.05) is 0 Å². The van der Waals surface area contributed by atoms with Crippen molar-refractivity contribution in [3.05, 3.63) is 23.8 Å². The molecule has 6 nitrogen and oxygen atoms in total. The van der Waals surface area contributed by atoms with Gasteiger partial charge in [-0.2, -0.15) is 0 Å². The summed E-state index contributed by atoms with van der Waals surface area (Å²) >= 11 is 0. The van der Waals surface area contributed by atoms with Gasteiger partial charge >= 0.3 is 0 Å². The minimum atomic E-state index is -3.45. The quantitative estimate of drug-likeness (QED) is 0.834. The van der Waals surface area contributed by atoms with E-state index in [1.165, 1.54) is 7.05 Å². The van der Waals surface area contributed by atoms with Crippen LogP contribution in [0.2, 0.25) is 0 Å². The highest BCUT2D eigenvalue weighted by Crippen LogP contribution is 2.33. The Balaban J connectivity index is 0.00000208. The lowest BCUT2D eigenvalue weighted by Gasteiger charge is -2.21. The lowest BCUT2D eigenvalue weighted by atomic mass is 9.99. The molecule has 1 aromatic carbocycles. The molecule has 0 radical (unpaired) electrons. The lowest BCUT2D eigenvalue weighted by Crippen LogP contribution is -2.34. The maximum atomic E-state index is 12.6. The third kappa shape index (κ3) is 3.59. The van der Waals surface area contributed by atoms with Gasteiger partial charge in [0.05, 0.1) is 4.90 Å². The van der Waals surface area contributed by atoms with E-state index in [-0.39, 0.29) is 35.2 Å². The topological polar surface area (TPSA) is 92.5 Å². The van der Waals surface area contributed by atoms with Crippen molar-refractivity contribution >= 4 is 34.0 Å². The zero-order valence-electron chi connectivity index (χ0n) is 13.7. The number of amides is 1. The Morgan fingerprint density at radius 3 is 2.75 bits per heavy atom. The van der Waals surface area contributed by atoms with Crippen molar-refractivity contribution in [1.82, 2.24) is 4.72 Å². The summed E-state index contributed by atoms with van der Waals surface area (Å²) in [6.45, 7) is 0.610. The highest BCUT2D eigenvalue weighted by atomic mass is 35.5. The molecule has 134 valence electrons. The standard InChI is InChI=1S/C16H23N3O3S.ClH/c1-18-23(21,22)13-5-6-15-12(9-13)7-8-19(15)16(20)10-11-3-2-4-14(11)17;/h5-6,9,11,14,18H,2-4,7-8,10,17H2,1H3;1H/t11-,14+;/m0./s1. The van der Waals surface area contributed by atoms with Crippen molar-refractivity contribution in [2.45, 2.75) is 43.0 Å². The van der Waals surface area contributed by atoms with Crippen molar-refractivity contribution in [1.29, 1.82) is 0 Å². The predicted molar refractivity (Wildman–Crippen MR) is 95.9 cm³/mol. The first-order valence-corrected chi connectivity index (χ1v) is 9.53. The van der Waals surface area contributed by atoms with Gasteiger partial charge in [0.2, 0.25) is 15.9 Å². The zero-order chi connectivity index (χ0) is 16.6. The zero-order valence-corrected chi connectivity index (χ0v) is 15.3. The number of carbonyl (C=O) groups is 1. The van der Waals surface area contributed by atoms with Gasteiger partial charge in [-0.3, -0.25) is 4.79 Å². The molecule has 2 atom stereocenters. The maximum absolute atomic E-state index is 12.6. The summed E-state index contributed by atoms with van der Waals surface area (Å²) in [6, 6.07) is 5.08. The Morgan fingerprint density at radius 1 is 1.38 bits per heavy atom. The fourth-order valence-corrected chi connectivity index (χ4v) is 4.36. The Labute approximate surface area is 149 Å². The lowest BCUT2D eigenvalue weighted by molar-refractivity contribution is -0.119. The minimum absolute atomic E-state index is 0. The third-order valence-electron chi connectivity index (χ3n) is 4.98. The number of sulfonamides is 1. The first-order chi connectivity index (χ1) is 10.9. The molecule has 1 aliphatic carbocycles. The number of benzene rings is 1. The number of hydrogen-bond donors (Lipinski definition) is 2. The van der Waals surface area contributed by atoms with E-state index in [0.29, 0.717) is 19.4 Å². The highest BCUT2D eigenvalue weighted by molar-refractivity contribution is 7.89. The number of anilines is 1. The molecule has 3 N–H and O–H groups in total. The molecule has 0 aromatic heterocycles. The molecular formula is C16H24ClN3O3S. The van der Waals surface area contributed by atoms with Gasteiger partial charge in [0.1, 0.15) is 0 Å². The second-order valence-electron chi connectivity index (χ2n) is 6.35. The molecule has 0 spiro atoms. The van der Waals surface area contributed by atoms with Gasteiger partial charge in [-0.25, -0.2) is 13.1 Å². The number of nitrogens with two attached hydrogens (primary N) is 1. The molecule has 3 rings (SSSR count). The maximum Gasteiger partial charge on any atom is 0.240 e. The Kier molecular flexibility index (Phi) is 5.91. The van der Waals surface area contributed by atoms with E-state index >= 15 is 0 Å². The Morgan fingerprint density at radius 2 is 2.12 bits per heavy atom. The van der Waals surface area contributed by atoms with Gasteiger partial charge in [0.15, 0.2) is 0 Å². The van der Waals surface area contributed by atoms with Crippen LogP contribution in [0.4, 0.5) is 5.69 Å². The largest absolute Gasteiger partial charge is 0.327 e. The molecular weight excluding hydrogens is 350 g/mol. The number of carbonyl (C=O) groups excluding carboxylic acids is 1. The summed E-state index contributed by atoms with van der Waals surface area (Å²) in [7, 11) is -2.06. The van der Waals surface area contributed by atoms with E-state index in [1.54, 1.807) is 23.1 Å². The number of fused-ring (bicyclic) bond motifs is 1. The van der Waals surface area contributed by atoms with Crippen molar-refractivity contribution in [2.24, 2.45) is 11.7 Å². The monoisotopic (exact) mass is 373 g/mol. The second-order valence-corrected chi connectivity index (χ2v) is 8.24. The summed E-state index contributed by atoms with van der Waals surface area (Å²) in [5.41, 5.74) is 7.80. The first kappa shape index (κ1) is 19.2. The van der Waals surface area contributed by atoms with Gasteiger partial charge in [-0.1, -0.05) is 6.42 Å². The molecule has 1 aromatic rings. The first-order valence-electron chi connectivity index (χ1n) is 8.05. The number of halogens is 1. The molecule has 0 unspecified atom stereocenters. The second kappa shape index (κ2) is 7.39. The summed E-state index contributed by atoms with van der Waals surface area (Å²) in [4.78, 5) is 14.6. The van der Waals surface area contributed by atoms with Crippen LogP contribution in [0.25, 0.3) is 0 Å². The summed E-state index contributed by atoms with van der Waals surface area (Å²) < 4.78 is 26.1. The number of nitrogens with zero attached hydrogens (tertiary/aromatic N) is 1. The number of hydrogen-bond acceptors (Lipinski definition) is 4. The van der Waals surface area contributed by atoms with Crippen molar-refractivity contribution < 1.29 is 13.2 Å². The van der Waals surface area contributed by atoms with E-state index < -0.39 is 10.0 Å². The Bertz CT molecular complexity index is 723. The summed E-state index contributed by atoms with van der Waals surface area (Å²) in [6.07, 6.45) is 4.29. The molecule has 0 bridgehead atoms. The molecule has 1 amide bonds. The molecule has 1 aliphatic heterocycles. The Hall–Kier alpha value is -1.15. The molecule has 24 heavy (non-hydrogen) atoms. The van der Waals surface area contributed by atoms with Crippen LogP contribution >= 0.6 is 12.4 Å². The molecule has 0 saturated heterocycles. The van der Waals surface area contributed by atoms with Crippen molar-refractivity contribution in [3.8, 4) is 0 Å². The number of rotatable bonds is 4. The molecule has 1 heterocycles. The van der Waals surface area contributed by atoms with Gasteiger partial charge in [-0.15, -0.1) is 12.4 Å². The summed E-state index contributed by atoms with van der Waals surface area (Å²) in [5.74, 6) is 0.366. The van der Waals surface area contributed by atoms with Crippen LogP contribution in [-0.2, 0) is 21.2 Å². The van der Waals surface area contributed by atoms with Gasteiger partial charge in [0, 0.05) is 24.7 Å². The van der Waals surface area contributed by atoms with Crippen LogP contribution in [0.15, 0.2) is 23.1 Å². The SMILES string of the molecule is CNS(=O)(=O)c1ccc2c(c1)CCN2C(=O)C[C@@H]1CCC[C@H]1N.Cl. The van der Waals surface area contributed by atoms with E-state index in [9.17, 15) is 13.2 Å². The molecule has 1 saturated carbocycles. The average molecular weight is 374 g/mol. The predicted octanol–water partition coefficient (Wildman–Crippen LogP) is 1.42. The van der Waals surface area contributed by atoms with Gasteiger partial charge in [-0.05, 0) is 56.0 Å². The van der Waals surface area contributed by atoms with Gasteiger partial charge in [0.25, 0.3) is 0 Å². The fraction of sp³-hybridized carbons (Fsp3) is 0.562. The van der Waals surface area contributed by atoms with Crippen LogP contribution in [0.5, 0.6) is 0 Å². The van der Waals surface area contributed by atoms with E-state index in [2.05, 4.69) is 4.72 Å². The smallest absolute Gasteiger partial charge is 0.240 e. The van der Waals surface area contributed by atoms with E-state index in [0.717, 1.165) is 30.5 Å². The average Bonchev–Trinajstić information content (AvgIpc) is 3.13. The highest BCUT2D eigenvalue weighted by Gasteiger charge is 2.31. The number of nitrogens with one attached hydrogen (secondary N) is 1. The van der Waals surface area contributed by atoms with Crippen molar-refractivity contribution in [2.75, 3.05) is 18.5 Å². The summed E-state index contributed by atoms with van der Waals surface area (Å²) in [5, 5.41) is 0. The van der Waals surface area contributed by atoms with Crippen LogP contribution in [0.3, 0.4) is 0 Å². The van der Waals surface area contributed by atoms with Crippen LogP contribution < -0.4 is 15.4 Å². The normalized spacial score (nSPS) is 23.0. The van der Waals surface area contributed by atoms with Crippen LogP contribution in [-0.4, -0.2) is 34.0 Å². The van der Waals surface area contributed by atoms with Crippen LogP contribution in [0, 0.1) is 5.92 Å². The molecule has 8 heteroatoms.